The summed E-state index contributed by atoms with van der Waals surface area (Å²) in [5.41, 5.74) is 1.04. The first-order valence-electron chi connectivity index (χ1n) is 7.98. The topological polar surface area (TPSA) is 79.4 Å². The number of pyridine rings is 1. The molecule has 1 aromatic heterocycles. The molecule has 1 N–H and O–H groups in total. The molecule has 9 heteroatoms. The van der Waals surface area contributed by atoms with Crippen LogP contribution in [0.1, 0.15) is 29.8 Å². The molecular formula is C17H19BrClN3O3S. The molecule has 26 heavy (non-hydrogen) atoms. The molecule has 0 aliphatic heterocycles. The van der Waals surface area contributed by atoms with E-state index < -0.39 is 10.0 Å². The predicted octanol–water partition coefficient (Wildman–Crippen LogP) is 3.46. The summed E-state index contributed by atoms with van der Waals surface area (Å²) in [5, 5.41) is 2.86. The van der Waals surface area contributed by atoms with Crippen LogP contribution >= 0.6 is 27.5 Å². The Balaban J connectivity index is 2.08. The second-order valence-electron chi connectivity index (χ2n) is 5.41. The van der Waals surface area contributed by atoms with E-state index in [1.54, 1.807) is 44.2 Å². The fraction of sp³-hybridized carbons (Fsp3) is 0.294. The number of nitrogens with zero attached hydrogens (tertiary/aromatic N) is 2. The standard InChI is InChI=1S/C17H19BrClN3O3S/c1-3-22(4-2)26(24,25)14-7-5-12(6-8-14)10-21-17(23)15-9-13(18)11-20-16(15)19/h5-9,11H,3-4,10H2,1-2H3,(H,21,23). The highest BCUT2D eigenvalue weighted by molar-refractivity contribution is 9.10. The van der Waals surface area contributed by atoms with Gasteiger partial charge in [0.15, 0.2) is 0 Å². The number of sulfonamides is 1. The molecule has 6 nitrogen and oxygen atoms in total. The van der Waals surface area contributed by atoms with Gasteiger partial charge in [-0.05, 0) is 39.7 Å². The fourth-order valence-corrected chi connectivity index (χ4v) is 4.33. The number of carbonyl (C=O) groups excluding carboxylic acids is 1. The average molecular weight is 461 g/mol. The molecule has 0 unspecified atom stereocenters. The maximum atomic E-state index is 12.5. The molecule has 2 rings (SSSR count). The minimum Gasteiger partial charge on any atom is -0.348 e. The number of rotatable bonds is 7. The lowest BCUT2D eigenvalue weighted by Crippen LogP contribution is -2.30. The summed E-state index contributed by atoms with van der Waals surface area (Å²) in [6, 6.07) is 8.03. The maximum Gasteiger partial charge on any atom is 0.254 e. The zero-order chi connectivity index (χ0) is 19.3. The van der Waals surface area contributed by atoms with Gasteiger partial charge in [-0.1, -0.05) is 37.6 Å². The Morgan fingerprint density at radius 2 is 1.85 bits per heavy atom. The van der Waals surface area contributed by atoms with E-state index in [1.165, 1.54) is 10.5 Å². The molecule has 1 aromatic carbocycles. The first-order chi connectivity index (χ1) is 12.3. The molecule has 0 aliphatic carbocycles. The number of nitrogens with one attached hydrogen (secondary N) is 1. The van der Waals surface area contributed by atoms with Crippen LogP contribution in [0.2, 0.25) is 5.15 Å². The number of halogens is 2. The van der Waals surface area contributed by atoms with Crippen molar-refractivity contribution < 1.29 is 13.2 Å². The van der Waals surface area contributed by atoms with Gasteiger partial charge in [0.05, 0.1) is 10.5 Å². The van der Waals surface area contributed by atoms with Crippen molar-refractivity contribution in [3.8, 4) is 0 Å². The van der Waals surface area contributed by atoms with Gasteiger partial charge in [0.2, 0.25) is 10.0 Å². The Morgan fingerprint density at radius 3 is 2.42 bits per heavy atom. The number of aromatic nitrogens is 1. The Bertz CT molecular complexity index is 885. The third kappa shape index (κ3) is 4.82. The maximum absolute atomic E-state index is 12.5. The van der Waals surface area contributed by atoms with Crippen LogP contribution in [-0.2, 0) is 16.6 Å². The minimum atomic E-state index is -3.49. The van der Waals surface area contributed by atoms with Gasteiger partial charge < -0.3 is 5.32 Å². The Kier molecular flexibility index (Phi) is 7.16. The van der Waals surface area contributed by atoms with E-state index >= 15 is 0 Å². The normalized spacial score (nSPS) is 11.6. The van der Waals surface area contributed by atoms with E-state index in [1.807, 2.05) is 0 Å². The number of carbonyl (C=O) groups is 1. The molecule has 1 heterocycles. The summed E-state index contributed by atoms with van der Waals surface area (Å²) in [4.78, 5) is 16.4. The van der Waals surface area contributed by atoms with Crippen molar-refractivity contribution in [2.75, 3.05) is 13.1 Å². The number of benzene rings is 1. The number of hydrogen-bond acceptors (Lipinski definition) is 4. The molecule has 0 fully saturated rings. The predicted molar refractivity (Wildman–Crippen MR) is 105 cm³/mol. The smallest absolute Gasteiger partial charge is 0.254 e. The van der Waals surface area contributed by atoms with Crippen molar-refractivity contribution in [1.29, 1.82) is 0 Å². The minimum absolute atomic E-state index is 0.117. The molecule has 0 radical (unpaired) electrons. The van der Waals surface area contributed by atoms with Gasteiger partial charge in [0.1, 0.15) is 5.15 Å². The molecule has 140 valence electrons. The van der Waals surface area contributed by atoms with E-state index in [9.17, 15) is 13.2 Å². The van der Waals surface area contributed by atoms with E-state index in [0.29, 0.717) is 17.6 Å². The summed E-state index contributed by atoms with van der Waals surface area (Å²) >= 11 is 9.19. The highest BCUT2D eigenvalue weighted by Crippen LogP contribution is 2.19. The first-order valence-corrected chi connectivity index (χ1v) is 10.6. The van der Waals surface area contributed by atoms with Crippen molar-refractivity contribution in [3.05, 3.63) is 57.3 Å². The van der Waals surface area contributed by atoms with Crippen LogP contribution in [0.4, 0.5) is 0 Å². The van der Waals surface area contributed by atoms with Crippen molar-refractivity contribution in [1.82, 2.24) is 14.6 Å². The van der Waals surface area contributed by atoms with Crippen molar-refractivity contribution in [2.24, 2.45) is 0 Å². The Morgan fingerprint density at radius 1 is 1.23 bits per heavy atom. The number of hydrogen-bond donors (Lipinski definition) is 1. The lowest BCUT2D eigenvalue weighted by atomic mass is 10.2. The van der Waals surface area contributed by atoms with Crippen LogP contribution in [0.5, 0.6) is 0 Å². The second kappa shape index (κ2) is 8.94. The molecule has 0 saturated heterocycles. The van der Waals surface area contributed by atoms with E-state index in [-0.39, 0.29) is 28.1 Å². The van der Waals surface area contributed by atoms with Crippen molar-refractivity contribution in [2.45, 2.75) is 25.3 Å². The van der Waals surface area contributed by atoms with Gasteiger partial charge in [-0.3, -0.25) is 4.79 Å². The van der Waals surface area contributed by atoms with Gasteiger partial charge >= 0.3 is 0 Å². The Labute approximate surface area is 166 Å². The zero-order valence-corrected chi connectivity index (χ0v) is 17.5. The highest BCUT2D eigenvalue weighted by Gasteiger charge is 2.21. The van der Waals surface area contributed by atoms with Crippen LogP contribution in [-0.4, -0.2) is 36.7 Å². The third-order valence-corrected chi connectivity index (χ3v) is 6.57. The molecule has 2 aromatic rings. The van der Waals surface area contributed by atoms with Crippen molar-refractivity contribution in [3.63, 3.8) is 0 Å². The van der Waals surface area contributed by atoms with Crippen molar-refractivity contribution >= 4 is 43.5 Å². The molecular weight excluding hydrogens is 442 g/mol. The highest BCUT2D eigenvalue weighted by atomic mass is 79.9. The third-order valence-electron chi connectivity index (χ3n) is 3.77. The zero-order valence-electron chi connectivity index (χ0n) is 14.4. The second-order valence-corrected chi connectivity index (χ2v) is 8.62. The number of amides is 1. The summed E-state index contributed by atoms with van der Waals surface area (Å²) in [5.74, 6) is -0.358. The monoisotopic (exact) mass is 459 g/mol. The molecule has 0 saturated carbocycles. The van der Waals surface area contributed by atoms with Crippen LogP contribution in [0.15, 0.2) is 45.9 Å². The Hall–Kier alpha value is -1.48. The molecule has 0 spiro atoms. The molecule has 1 amide bonds. The summed E-state index contributed by atoms with van der Waals surface area (Å²) in [7, 11) is -3.49. The van der Waals surface area contributed by atoms with Crippen LogP contribution in [0.25, 0.3) is 0 Å². The largest absolute Gasteiger partial charge is 0.348 e. The van der Waals surface area contributed by atoms with Gasteiger partial charge in [-0.15, -0.1) is 0 Å². The average Bonchev–Trinajstić information content (AvgIpc) is 2.63. The fourth-order valence-electron chi connectivity index (χ4n) is 2.35. The quantitative estimate of drug-likeness (QED) is 0.642. The van der Waals surface area contributed by atoms with Gasteiger partial charge in [-0.25, -0.2) is 13.4 Å². The van der Waals surface area contributed by atoms with E-state index in [4.69, 9.17) is 11.6 Å². The SMILES string of the molecule is CCN(CC)S(=O)(=O)c1ccc(CNC(=O)c2cc(Br)cnc2Cl)cc1. The van der Waals surface area contributed by atoms with Crippen LogP contribution < -0.4 is 5.32 Å². The lowest BCUT2D eigenvalue weighted by Gasteiger charge is -2.18. The van der Waals surface area contributed by atoms with Gasteiger partial charge in [0.25, 0.3) is 5.91 Å². The van der Waals surface area contributed by atoms with Crippen LogP contribution in [0.3, 0.4) is 0 Å². The lowest BCUT2D eigenvalue weighted by molar-refractivity contribution is 0.0950. The van der Waals surface area contributed by atoms with Gasteiger partial charge in [-0.2, -0.15) is 4.31 Å². The van der Waals surface area contributed by atoms with Gasteiger partial charge in [0, 0.05) is 30.3 Å². The summed E-state index contributed by atoms with van der Waals surface area (Å²) in [6.07, 6.45) is 1.51. The summed E-state index contributed by atoms with van der Waals surface area (Å²) < 4.78 is 27.0. The molecule has 0 aliphatic rings. The van der Waals surface area contributed by atoms with E-state index in [0.717, 1.165) is 5.56 Å². The molecule has 0 atom stereocenters. The first kappa shape index (κ1) is 20.8. The van der Waals surface area contributed by atoms with E-state index in [2.05, 4.69) is 26.2 Å². The summed E-state index contributed by atoms with van der Waals surface area (Å²) in [6.45, 7) is 4.67. The molecule has 0 bridgehead atoms. The van der Waals surface area contributed by atoms with Crippen LogP contribution in [0, 0.1) is 0 Å².